The van der Waals surface area contributed by atoms with Crippen molar-refractivity contribution in [1.82, 2.24) is 10.2 Å². The number of nitrogens with two attached hydrogens (primary N) is 2. The van der Waals surface area contributed by atoms with Gasteiger partial charge in [-0.2, -0.15) is 8.42 Å². The number of amides is 1. The standard InChI is InChI=1S/C14H14N2.C12H14N2O5S/c15-13-8-4-7-12(14(13)16)10-9-11-5-2-1-3-6-11;1-19-10-4-2-9(3-5-10)8-14-7-6-11(15)13-12(14)20(16,17)18/h1-10H,15-16H2;2-7,12H,8H2,1H3,(H,13,15)(H,16,17,18). The van der Waals surface area contributed by atoms with E-state index in [9.17, 15) is 13.2 Å². The van der Waals surface area contributed by atoms with Crippen LogP contribution in [-0.4, -0.2) is 36.4 Å². The number of nitrogen functional groups attached to an aromatic ring is 2. The molecule has 0 aromatic heterocycles. The first kappa shape index (κ1) is 26.3. The first-order valence-corrected chi connectivity index (χ1v) is 12.4. The predicted octanol–water partition coefficient (Wildman–Crippen LogP) is 3.33. The molecule has 1 aliphatic heterocycles. The lowest BCUT2D eigenvalue weighted by Gasteiger charge is -2.31. The molecule has 0 spiro atoms. The van der Waals surface area contributed by atoms with Crippen molar-refractivity contribution < 1.29 is 22.5 Å². The molecule has 0 fully saturated rings. The minimum Gasteiger partial charge on any atom is -0.497 e. The van der Waals surface area contributed by atoms with Crippen molar-refractivity contribution in [3.05, 3.63) is 102 Å². The molecule has 0 radical (unpaired) electrons. The van der Waals surface area contributed by atoms with Crippen LogP contribution >= 0.6 is 0 Å². The number of carbonyl (C=O) groups is 1. The van der Waals surface area contributed by atoms with Crippen LogP contribution in [0, 0.1) is 0 Å². The van der Waals surface area contributed by atoms with Crippen LogP contribution in [0.15, 0.2) is 85.1 Å². The van der Waals surface area contributed by atoms with Gasteiger partial charge in [0.05, 0.1) is 18.5 Å². The van der Waals surface area contributed by atoms with Crippen LogP contribution in [0.3, 0.4) is 0 Å². The van der Waals surface area contributed by atoms with Gasteiger partial charge in [0, 0.05) is 18.8 Å². The van der Waals surface area contributed by atoms with E-state index in [2.05, 4.69) is 5.32 Å². The van der Waals surface area contributed by atoms with Gasteiger partial charge < -0.3 is 26.4 Å². The second kappa shape index (κ2) is 11.9. The third-order valence-corrected chi connectivity index (χ3v) is 6.17. The molecule has 0 aliphatic carbocycles. The minimum absolute atomic E-state index is 0.214. The zero-order valence-corrected chi connectivity index (χ0v) is 20.4. The second-order valence-corrected chi connectivity index (χ2v) is 9.28. The number of benzene rings is 3. The molecule has 9 nitrogen and oxygen atoms in total. The van der Waals surface area contributed by atoms with E-state index in [-0.39, 0.29) is 6.54 Å². The van der Waals surface area contributed by atoms with E-state index in [1.807, 2.05) is 54.6 Å². The summed E-state index contributed by atoms with van der Waals surface area (Å²) in [6.07, 6.45) is 6.53. The molecule has 1 heterocycles. The molecule has 3 aromatic rings. The number of ether oxygens (including phenoxy) is 1. The average molecular weight is 509 g/mol. The summed E-state index contributed by atoms with van der Waals surface area (Å²) in [5.41, 5.74) is 14.3. The number of methoxy groups -OCH3 is 1. The maximum atomic E-state index is 11.3. The molecular formula is C26H28N4O5S. The Morgan fingerprint density at radius 1 is 1.00 bits per heavy atom. The van der Waals surface area contributed by atoms with E-state index < -0.39 is 21.5 Å². The number of rotatable bonds is 6. The van der Waals surface area contributed by atoms with Crippen molar-refractivity contribution in [3.8, 4) is 5.75 Å². The van der Waals surface area contributed by atoms with Gasteiger partial charge in [0.2, 0.25) is 11.4 Å². The Hall–Kier alpha value is -4.28. The lowest BCUT2D eigenvalue weighted by Crippen LogP contribution is -2.52. The number of nitrogens with zero attached hydrogens (tertiary/aromatic N) is 1. The summed E-state index contributed by atoms with van der Waals surface area (Å²) in [7, 11) is -2.87. The fraction of sp³-hybridized carbons (Fsp3) is 0.115. The van der Waals surface area contributed by atoms with Crippen LogP contribution in [0.4, 0.5) is 11.4 Å². The highest BCUT2D eigenvalue weighted by atomic mass is 32.2. The Morgan fingerprint density at radius 2 is 1.69 bits per heavy atom. The number of hydrogen-bond acceptors (Lipinski definition) is 7. The molecular weight excluding hydrogens is 480 g/mol. The van der Waals surface area contributed by atoms with Crippen LogP contribution in [0.25, 0.3) is 12.2 Å². The number of nitrogens with one attached hydrogen (secondary N) is 1. The molecule has 0 saturated heterocycles. The molecule has 188 valence electrons. The summed E-state index contributed by atoms with van der Waals surface area (Å²) in [5.74, 6) is 0.112. The molecule has 0 bridgehead atoms. The van der Waals surface area contributed by atoms with E-state index >= 15 is 0 Å². The molecule has 4 rings (SSSR count). The summed E-state index contributed by atoms with van der Waals surface area (Å²) in [4.78, 5) is 12.5. The van der Waals surface area contributed by atoms with Crippen LogP contribution < -0.4 is 21.5 Å². The first-order chi connectivity index (χ1) is 17.2. The smallest absolute Gasteiger partial charge is 0.306 e. The third-order valence-electron chi connectivity index (χ3n) is 5.22. The number of para-hydroxylation sites is 1. The SMILES string of the molecule is COc1ccc(CN2C=CC(=O)NC2S(=O)(=O)O)cc1.Nc1cccc(C=Cc2ccccc2)c1N. The highest BCUT2D eigenvalue weighted by molar-refractivity contribution is 7.86. The zero-order valence-electron chi connectivity index (χ0n) is 19.6. The second-order valence-electron chi connectivity index (χ2n) is 7.81. The molecule has 1 amide bonds. The van der Waals surface area contributed by atoms with Crippen molar-refractivity contribution in [2.75, 3.05) is 18.6 Å². The summed E-state index contributed by atoms with van der Waals surface area (Å²) in [5, 5.41) is 2.19. The lowest BCUT2D eigenvalue weighted by atomic mass is 10.1. The summed E-state index contributed by atoms with van der Waals surface area (Å²) in [6.45, 7) is 0.214. The molecule has 36 heavy (non-hydrogen) atoms. The van der Waals surface area contributed by atoms with Crippen molar-refractivity contribution >= 4 is 39.6 Å². The van der Waals surface area contributed by atoms with Gasteiger partial charge in [0.25, 0.3) is 0 Å². The highest BCUT2D eigenvalue weighted by Gasteiger charge is 2.32. The van der Waals surface area contributed by atoms with E-state index in [0.29, 0.717) is 17.1 Å². The third kappa shape index (κ3) is 7.36. The largest absolute Gasteiger partial charge is 0.497 e. The van der Waals surface area contributed by atoms with Gasteiger partial charge >= 0.3 is 10.1 Å². The summed E-state index contributed by atoms with van der Waals surface area (Å²) < 4.78 is 36.7. The normalized spacial score (nSPS) is 15.2. The monoisotopic (exact) mass is 508 g/mol. The van der Waals surface area contributed by atoms with Crippen LogP contribution in [0.5, 0.6) is 5.75 Å². The van der Waals surface area contributed by atoms with Crippen molar-refractivity contribution in [1.29, 1.82) is 0 Å². The van der Waals surface area contributed by atoms with E-state index in [1.165, 1.54) is 17.2 Å². The van der Waals surface area contributed by atoms with Gasteiger partial charge in [-0.05, 0) is 34.9 Å². The highest BCUT2D eigenvalue weighted by Crippen LogP contribution is 2.21. The van der Waals surface area contributed by atoms with Gasteiger partial charge in [-0.25, -0.2) is 0 Å². The maximum Gasteiger partial charge on any atom is 0.306 e. The Bertz CT molecular complexity index is 1340. The fourth-order valence-electron chi connectivity index (χ4n) is 3.31. The Kier molecular flexibility index (Phi) is 8.71. The quantitative estimate of drug-likeness (QED) is 0.225. The molecule has 1 aliphatic rings. The van der Waals surface area contributed by atoms with Gasteiger partial charge in [0.1, 0.15) is 5.75 Å². The average Bonchev–Trinajstić information content (AvgIpc) is 2.87. The Labute approximate surface area is 210 Å². The Balaban J connectivity index is 0.000000205. The Morgan fingerprint density at radius 3 is 2.33 bits per heavy atom. The summed E-state index contributed by atoms with van der Waals surface area (Å²) in [6, 6.07) is 22.7. The van der Waals surface area contributed by atoms with Gasteiger partial charge in [-0.3, -0.25) is 9.35 Å². The van der Waals surface area contributed by atoms with Gasteiger partial charge in [-0.15, -0.1) is 0 Å². The topological polar surface area (TPSA) is 148 Å². The molecule has 0 saturated carbocycles. The number of hydrogen-bond donors (Lipinski definition) is 4. The van der Waals surface area contributed by atoms with Crippen LogP contribution in [-0.2, 0) is 21.5 Å². The maximum absolute atomic E-state index is 11.3. The molecule has 6 N–H and O–H groups in total. The van der Waals surface area contributed by atoms with Crippen LogP contribution in [0.2, 0.25) is 0 Å². The minimum atomic E-state index is -4.42. The lowest BCUT2D eigenvalue weighted by molar-refractivity contribution is -0.118. The van der Waals surface area contributed by atoms with Crippen molar-refractivity contribution in [2.45, 2.75) is 12.0 Å². The van der Waals surface area contributed by atoms with E-state index in [0.717, 1.165) is 16.7 Å². The van der Waals surface area contributed by atoms with E-state index in [1.54, 1.807) is 37.4 Å². The van der Waals surface area contributed by atoms with Crippen molar-refractivity contribution in [2.24, 2.45) is 0 Å². The molecule has 1 unspecified atom stereocenters. The number of anilines is 2. The molecule has 1 atom stereocenters. The molecule has 3 aromatic carbocycles. The van der Waals surface area contributed by atoms with Crippen molar-refractivity contribution in [3.63, 3.8) is 0 Å². The first-order valence-electron chi connectivity index (χ1n) is 10.9. The van der Waals surface area contributed by atoms with E-state index in [4.69, 9.17) is 20.8 Å². The zero-order chi connectivity index (χ0) is 26.1. The summed E-state index contributed by atoms with van der Waals surface area (Å²) >= 11 is 0. The number of carbonyl (C=O) groups excluding carboxylic acids is 1. The van der Waals surface area contributed by atoms with Gasteiger partial charge in [0.15, 0.2) is 0 Å². The van der Waals surface area contributed by atoms with Crippen LogP contribution in [0.1, 0.15) is 16.7 Å². The molecule has 10 heteroatoms. The predicted molar refractivity (Wildman–Crippen MR) is 142 cm³/mol. The van der Waals surface area contributed by atoms with Gasteiger partial charge in [-0.1, -0.05) is 66.7 Å². The fourth-order valence-corrected chi connectivity index (χ4v) is 4.07.